The Morgan fingerprint density at radius 1 is 0.919 bits per heavy atom. The van der Waals surface area contributed by atoms with Crippen LogP contribution in [0.4, 0.5) is 5.69 Å². The van der Waals surface area contributed by atoms with Gasteiger partial charge in [0.25, 0.3) is 5.56 Å². The van der Waals surface area contributed by atoms with E-state index in [1.807, 2.05) is 60.7 Å². The Morgan fingerprint density at radius 2 is 1.62 bits per heavy atom. The number of hydrogen-bond acceptors (Lipinski definition) is 5. The van der Waals surface area contributed by atoms with Crippen molar-refractivity contribution in [2.45, 2.75) is 6.04 Å². The van der Waals surface area contributed by atoms with E-state index in [1.165, 1.54) is 7.05 Å². The number of nitrogens with zero attached hydrogens (tertiary/aromatic N) is 4. The summed E-state index contributed by atoms with van der Waals surface area (Å²) in [5.41, 5.74) is 5.34. The minimum Gasteiger partial charge on any atom is -0.497 e. The van der Waals surface area contributed by atoms with Gasteiger partial charge in [-0.1, -0.05) is 24.3 Å². The van der Waals surface area contributed by atoms with Gasteiger partial charge < -0.3 is 14.6 Å². The minimum absolute atomic E-state index is 0.359. The largest absolute Gasteiger partial charge is 0.497 e. The van der Waals surface area contributed by atoms with Gasteiger partial charge in [0.15, 0.2) is 0 Å². The molecule has 1 unspecified atom stereocenters. The maximum Gasteiger partial charge on any atom is 0.331 e. The number of fused-ring (bicyclic) bond motifs is 5. The molecule has 1 N–H and O–H groups in total. The number of aromatic nitrogens is 3. The summed E-state index contributed by atoms with van der Waals surface area (Å²) in [6.45, 7) is 0. The number of anilines is 1. The number of rotatable bonds is 3. The first-order valence-corrected chi connectivity index (χ1v) is 11.8. The lowest BCUT2D eigenvalue weighted by atomic mass is 9.98. The SMILES string of the molecule is COc1ccc(-c2c3c(=O)n(C)c(=O)n(C)c3c3n2-c2ccccc2NC3c2ccc(C#N)cc2)cc1. The number of para-hydroxylation sites is 2. The molecule has 3 aromatic carbocycles. The molecule has 0 saturated heterocycles. The first-order valence-electron chi connectivity index (χ1n) is 11.8. The summed E-state index contributed by atoms with van der Waals surface area (Å²) >= 11 is 0. The lowest BCUT2D eigenvalue weighted by molar-refractivity contribution is 0.415. The molecule has 8 nitrogen and oxygen atoms in total. The topological polar surface area (TPSA) is 94.0 Å². The highest BCUT2D eigenvalue weighted by Crippen LogP contribution is 2.45. The van der Waals surface area contributed by atoms with Crippen LogP contribution in [0.1, 0.15) is 22.9 Å². The Labute approximate surface area is 212 Å². The first-order chi connectivity index (χ1) is 17.9. The molecule has 182 valence electrons. The van der Waals surface area contributed by atoms with Gasteiger partial charge in [0.05, 0.1) is 58.4 Å². The van der Waals surface area contributed by atoms with Crippen LogP contribution >= 0.6 is 0 Å². The average molecular weight is 490 g/mol. The second-order valence-corrected chi connectivity index (χ2v) is 9.06. The van der Waals surface area contributed by atoms with Crippen LogP contribution in [0.25, 0.3) is 27.8 Å². The highest BCUT2D eigenvalue weighted by Gasteiger charge is 2.34. The molecular weight excluding hydrogens is 466 g/mol. The molecule has 0 aliphatic carbocycles. The van der Waals surface area contributed by atoms with Crippen molar-refractivity contribution in [1.29, 1.82) is 5.26 Å². The summed E-state index contributed by atoms with van der Waals surface area (Å²) in [6, 6.07) is 24.6. The predicted molar refractivity (Wildman–Crippen MR) is 142 cm³/mol. The summed E-state index contributed by atoms with van der Waals surface area (Å²) in [5, 5.41) is 13.4. The van der Waals surface area contributed by atoms with E-state index in [9.17, 15) is 14.9 Å². The fourth-order valence-corrected chi connectivity index (χ4v) is 5.24. The zero-order valence-electron chi connectivity index (χ0n) is 20.5. The van der Waals surface area contributed by atoms with Crippen molar-refractivity contribution in [2.24, 2.45) is 14.1 Å². The predicted octanol–water partition coefficient (Wildman–Crippen LogP) is 4.09. The lowest BCUT2D eigenvalue weighted by Gasteiger charge is -2.31. The van der Waals surface area contributed by atoms with E-state index in [4.69, 9.17) is 4.74 Å². The number of nitrogens with one attached hydrogen (secondary N) is 1. The highest BCUT2D eigenvalue weighted by molar-refractivity contribution is 5.99. The molecule has 8 heteroatoms. The molecule has 0 saturated carbocycles. The zero-order chi connectivity index (χ0) is 25.8. The summed E-state index contributed by atoms with van der Waals surface area (Å²) < 4.78 is 10.1. The van der Waals surface area contributed by atoms with E-state index < -0.39 is 5.69 Å². The van der Waals surface area contributed by atoms with E-state index in [1.54, 1.807) is 30.9 Å². The normalized spacial score (nSPS) is 13.9. The molecule has 5 aromatic rings. The summed E-state index contributed by atoms with van der Waals surface area (Å²) in [7, 11) is 4.81. The van der Waals surface area contributed by atoms with Gasteiger partial charge in [-0.3, -0.25) is 13.9 Å². The Bertz CT molecular complexity index is 1850. The number of ether oxygens (including phenoxy) is 1. The summed E-state index contributed by atoms with van der Waals surface area (Å²) in [6.07, 6.45) is 0. The maximum atomic E-state index is 13.7. The van der Waals surface area contributed by atoms with Crippen molar-refractivity contribution < 1.29 is 4.74 Å². The maximum absolute atomic E-state index is 13.7. The van der Waals surface area contributed by atoms with Crippen molar-refractivity contribution in [2.75, 3.05) is 12.4 Å². The molecule has 1 aliphatic rings. The molecule has 1 aliphatic heterocycles. The molecule has 1 atom stereocenters. The van der Waals surface area contributed by atoms with Crippen LogP contribution in [0.15, 0.2) is 82.4 Å². The summed E-state index contributed by atoms with van der Waals surface area (Å²) in [4.78, 5) is 26.9. The summed E-state index contributed by atoms with van der Waals surface area (Å²) in [5.74, 6) is 0.705. The number of nitriles is 1. The van der Waals surface area contributed by atoms with Crippen molar-refractivity contribution in [3.05, 3.63) is 110 Å². The van der Waals surface area contributed by atoms with Gasteiger partial charge in [0.2, 0.25) is 0 Å². The van der Waals surface area contributed by atoms with E-state index in [0.717, 1.165) is 32.8 Å². The fourth-order valence-electron chi connectivity index (χ4n) is 5.24. The number of benzene rings is 3. The third-order valence-corrected chi connectivity index (χ3v) is 7.06. The molecule has 0 amide bonds. The Hall–Kier alpha value is -5.03. The molecule has 6 rings (SSSR count). The molecule has 0 radical (unpaired) electrons. The van der Waals surface area contributed by atoms with Gasteiger partial charge in [0.1, 0.15) is 5.75 Å². The van der Waals surface area contributed by atoms with Gasteiger partial charge in [-0.15, -0.1) is 0 Å². The standard InChI is InChI=1S/C29H23N5O3/c1-32-26-23(28(35)33(2)29(32)36)25(19-12-14-20(37-3)15-13-19)34-22-7-5-4-6-21(22)31-24(27(26)34)18-10-8-17(16-30)9-11-18/h4-15,24,31H,1-3H3. The zero-order valence-corrected chi connectivity index (χ0v) is 20.5. The Morgan fingerprint density at radius 3 is 2.30 bits per heavy atom. The average Bonchev–Trinajstić information content (AvgIpc) is 3.31. The molecule has 0 fully saturated rings. The van der Waals surface area contributed by atoms with E-state index >= 15 is 0 Å². The second-order valence-electron chi connectivity index (χ2n) is 9.06. The van der Waals surface area contributed by atoms with E-state index in [2.05, 4.69) is 16.0 Å². The second kappa shape index (κ2) is 8.28. The van der Waals surface area contributed by atoms with Gasteiger partial charge in [-0.05, 0) is 59.7 Å². The lowest BCUT2D eigenvalue weighted by Crippen LogP contribution is -2.37. The molecule has 2 aromatic heterocycles. The molecule has 3 heterocycles. The van der Waals surface area contributed by atoms with Crippen LogP contribution in [0.3, 0.4) is 0 Å². The molecule has 37 heavy (non-hydrogen) atoms. The van der Waals surface area contributed by atoms with Gasteiger partial charge in [-0.25, -0.2) is 4.79 Å². The molecule has 0 spiro atoms. The number of hydrogen-bond donors (Lipinski definition) is 1. The molecular formula is C29H23N5O3. The van der Waals surface area contributed by atoms with Gasteiger partial charge in [0, 0.05) is 14.1 Å². The van der Waals surface area contributed by atoms with Crippen LogP contribution in [0, 0.1) is 11.3 Å². The monoisotopic (exact) mass is 489 g/mol. The number of aryl methyl sites for hydroxylation is 1. The van der Waals surface area contributed by atoms with Crippen LogP contribution in [-0.2, 0) is 14.1 Å². The van der Waals surface area contributed by atoms with Crippen LogP contribution in [-0.4, -0.2) is 20.8 Å². The van der Waals surface area contributed by atoms with Gasteiger partial charge >= 0.3 is 5.69 Å². The quantitative estimate of drug-likeness (QED) is 0.412. The highest BCUT2D eigenvalue weighted by atomic mass is 16.5. The molecule has 0 bridgehead atoms. The van der Waals surface area contributed by atoms with Gasteiger partial charge in [-0.2, -0.15) is 5.26 Å². The van der Waals surface area contributed by atoms with Crippen LogP contribution in [0.2, 0.25) is 0 Å². The van der Waals surface area contributed by atoms with Crippen LogP contribution < -0.4 is 21.3 Å². The van der Waals surface area contributed by atoms with Crippen molar-refractivity contribution >= 4 is 16.6 Å². The van der Waals surface area contributed by atoms with E-state index in [-0.39, 0.29) is 11.6 Å². The van der Waals surface area contributed by atoms with Crippen LogP contribution in [0.5, 0.6) is 5.75 Å². The first kappa shape index (κ1) is 22.4. The van der Waals surface area contributed by atoms with Crippen molar-refractivity contribution in [3.63, 3.8) is 0 Å². The third kappa shape index (κ3) is 3.21. The Balaban J connectivity index is 1.81. The number of methoxy groups -OCH3 is 1. The van der Waals surface area contributed by atoms with Crippen molar-refractivity contribution in [1.82, 2.24) is 13.7 Å². The van der Waals surface area contributed by atoms with Crippen molar-refractivity contribution in [3.8, 4) is 28.8 Å². The Kier molecular flexibility index (Phi) is 5.02. The third-order valence-electron chi connectivity index (χ3n) is 7.06. The smallest absolute Gasteiger partial charge is 0.331 e. The fraction of sp³-hybridized carbons (Fsp3) is 0.138. The van der Waals surface area contributed by atoms with E-state index in [0.29, 0.717) is 27.9 Å². The minimum atomic E-state index is -0.399.